The summed E-state index contributed by atoms with van der Waals surface area (Å²) in [4.78, 5) is 14.0. The molecule has 0 radical (unpaired) electrons. The van der Waals surface area contributed by atoms with Gasteiger partial charge in [0.15, 0.2) is 0 Å². The number of carbonyl (C=O) groups is 1. The average Bonchev–Trinajstić information content (AvgIpc) is 2.48. The summed E-state index contributed by atoms with van der Waals surface area (Å²) in [5.41, 5.74) is 3.42. The van der Waals surface area contributed by atoms with Crippen LogP contribution in [0.5, 0.6) is 5.75 Å². The van der Waals surface area contributed by atoms with E-state index in [0.29, 0.717) is 5.56 Å². The average molecular weight is 320 g/mol. The van der Waals surface area contributed by atoms with E-state index in [1.165, 1.54) is 18.2 Å². The Bertz CT molecular complexity index is 816. The number of benzene rings is 2. The normalized spacial score (nSPS) is 11.2. The van der Waals surface area contributed by atoms with Gasteiger partial charge in [0, 0.05) is 0 Å². The number of aryl methyl sites for hydroxylation is 2. The molecule has 0 saturated carbocycles. The zero-order valence-electron chi connectivity index (χ0n) is 12.1. The zero-order valence-corrected chi connectivity index (χ0v) is 12.9. The van der Waals surface area contributed by atoms with Gasteiger partial charge in [0.25, 0.3) is 15.9 Å². The first kappa shape index (κ1) is 16.0. The molecule has 116 valence electrons. The molecule has 0 spiro atoms. The first-order valence-electron chi connectivity index (χ1n) is 6.48. The topological polar surface area (TPSA) is 95.5 Å². The van der Waals surface area contributed by atoms with Crippen LogP contribution in [0.4, 0.5) is 0 Å². The SMILES string of the molecule is Cc1ccc(C)c(S(=O)(=O)NNC(=O)c2ccccc2O)c1. The summed E-state index contributed by atoms with van der Waals surface area (Å²) in [7, 11) is -3.89. The van der Waals surface area contributed by atoms with Crippen molar-refractivity contribution in [3.8, 4) is 5.75 Å². The highest BCUT2D eigenvalue weighted by atomic mass is 32.2. The molecule has 1 amide bonds. The van der Waals surface area contributed by atoms with E-state index >= 15 is 0 Å². The molecule has 0 bridgehead atoms. The zero-order chi connectivity index (χ0) is 16.3. The van der Waals surface area contributed by atoms with Gasteiger partial charge in [0.1, 0.15) is 5.75 Å². The number of carbonyl (C=O) groups excluding carboxylic acids is 1. The maximum absolute atomic E-state index is 12.2. The summed E-state index contributed by atoms with van der Waals surface area (Å²) in [6.07, 6.45) is 0. The summed E-state index contributed by atoms with van der Waals surface area (Å²) in [5, 5.41) is 9.57. The van der Waals surface area contributed by atoms with E-state index in [2.05, 4.69) is 5.43 Å². The number of amides is 1. The van der Waals surface area contributed by atoms with Gasteiger partial charge < -0.3 is 5.11 Å². The van der Waals surface area contributed by atoms with Crippen LogP contribution in [-0.4, -0.2) is 19.4 Å². The van der Waals surface area contributed by atoms with E-state index in [9.17, 15) is 18.3 Å². The molecule has 2 aromatic rings. The van der Waals surface area contributed by atoms with E-state index in [-0.39, 0.29) is 16.2 Å². The Morgan fingerprint density at radius 2 is 1.77 bits per heavy atom. The number of nitrogens with one attached hydrogen (secondary N) is 2. The molecule has 0 aromatic heterocycles. The summed E-state index contributed by atoms with van der Waals surface area (Å²) < 4.78 is 24.5. The van der Waals surface area contributed by atoms with E-state index in [4.69, 9.17) is 0 Å². The smallest absolute Gasteiger partial charge is 0.269 e. The van der Waals surface area contributed by atoms with E-state index in [0.717, 1.165) is 5.56 Å². The molecule has 0 fully saturated rings. The fourth-order valence-electron chi connectivity index (χ4n) is 1.90. The molecule has 2 rings (SSSR count). The minimum Gasteiger partial charge on any atom is -0.507 e. The standard InChI is InChI=1S/C15H16N2O4S/c1-10-7-8-11(2)14(9-10)22(20,21)17-16-15(19)12-5-3-4-6-13(12)18/h3-9,17-18H,1-2H3,(H,16,19). The number of hydrazine groups is 1. The summed E-state index contributed by atoms with van der Waals surface area (Å²) in [6, 6.07) is 10.9. The number of phenolic OH excluding ortho intramolecular Hbond substituents is 1. The van der Waals surface area contributed by atoms with Crippen molar-refractivity contribution in [3.63, 3.8) is 0 Å². The molecule has 22 heavy (non-hydrogen) atoms. The second-order valence-electron chi connectivity index (χ2n) is 4.85. The molecule has 7 heteroatoms. The molecule has 6 nitrogen and oxygen atoms in total. The van der Waals surface area contributed by atoms with Crippen molar-refractivity contribution in [1.82, 2.24) is 10.3 Å². The monoisotopic (exact) mass is 320 g/mol. The Morgan fingerprint density at radius 1 is 1.09 bits per heavy atom. The van der Waals surface area contributed by atoms with Crippen LogP contribution in [0.2, 0.25) is 0 Å². The highest BCUT2D eigenvalue weighted by molar-refractivity contribution is 7.89. The Balaban J connectivity index is 2.18. The Hall–Kier alpha value is -2.38. The molecule has 0 saturated heterocycles. The lowest BCUT2D eigenvalue weighted by Crippen LogP contribution is -2.41. The van der Waals surface area contributed by atoms with Crippen LogP contribution in [-0.2, 0) is 10.0 Å². The minimum absolute atomic E-state index is 0.0221. The predicted molar refractivity (Wildman–Crippen MR) is 81.8 cm³/mol. The van der Waals surface area contributed by atoms with Crippen LogP contribution in [0.1, 0.15) is 21.5 Å². The summed E-state index contributed by atoms with van der Waals surface area (Å²) >= 11 is 0. The maximum Gasteiger partial charge on any atom is 0.269 e. The van der Waals surface area contributed by atoms with Gasteiger partial charge in [0.2, 0.25) is 0 Å². The van der Waals surface area contributed by atoms with Crippen LogP contribution in [0.25, 0.3) is 0 Å². The van der Waals surface area contributed by atoms with Crippen LogP contribution >= 0.6 is 0 Å². The van der Waals surface area contributed by atoms with Crippen LogP contribution in [0.3, 0.4) is 0 Å². The van der Waals surface area contributed by atoms with Crippen molar-refractivity contribution >= 4 is 15.9 Å². The Labute approximate surface area is 128 Å². The molecule has 2 aromatic carbocycles. The lowest BCUT2D eigenvalue weighted by molar-refractivity contribution is 0.0942. The van der Waals surface area contributed by atoms with E-state index < -0.39 is 15.9 Å². The molecular formula is C15H16N2O4S. The summed E-state index contributed by atoms with van der Waals surface area (Å²) in [6.45, 7) is 3.44. The number of rotatable bonds is 4. The van der Waals surface area contributed by atoms with Gasteiger partial charge in [-0.2, -0.15) is 0 Å². The highest BCUT2D eigenvalue weighted by Gasteiger charge is 2.19. The predicted octanol–water partition coefficient (Wildman–Crippen LogP) is 1.63. The second kappa shape index (κ2) is 6.17. The number of hydrogen-bond donors (Lipinski definition) is 3. The third-order valence-corrected chi connectivity index (χ3v) is 4.47. The number of hydrogen-bond acceptors (Lipinski definition) is 4. The molecule has 0 atom stereocenters. The van der Waals surface area contributed by atoms with Gasteiger partial charge in [-0.15, -0.1) is 4.83 Å². The van der Waals surface area contributed by atoms with Crippen LogP contribution in [0, 0.1) is 13.8 Å². The first-order valence-corrected chi connectivity index (χ1v) is 7.97. The van der Waals surface area contributed by atoms with E-state index in [1.807, 2.05) is 4.83 Å². The van der Waals surface area contributed by atoms with Gasteiger partial charge in [-0.25, -0.2) is 8.42 Å². The molecular weight excluding hydrogens is 304 g/mol. The lowest BCUT2D eigenvalue weighted by atomic mass is 10.2. The molecule has 0 aliphatic heterocycles. The van der Waals surface area contributed by atoms with Crippen molar-refractivity contribution in [2.24, 2.45) is 0 Å². The number of para-hydroxylation sites is 1. The lowest BCUT2D eigenvalue weighted by Gasteiger charge is -2.11. The Kier molecular flexibility index (Phi) is 4.48. The van der Waals surface area contributed by atoms with E-state index in [1.54, 1.807) is 38.1 Å². The number of aromatic hydroxyl groups is 1. The quantitative estimate of drug-likeness (QED) is 0.746. The van der Waals surface area contributed by atoms with Crippen molar-refractivity contribution < 1.29 is 18.3 Å². The highest BCUT2D eigenvalue weighted by Crippen LogP contribution is 2.17. The summed E-state index contributed by atoms with van der Waals surface area (Å²) in [5.74, 6) is -0.974. The maximum atomic E-state index is 12.2. The van der Waals surface area contributed by atoms with Crippen molar-refractivity contribution in [2.45, 2.75) is 18.7 Å². The molecule has 0 aliphatic carbocycles. The van der Waals surface area contributed by atoms with Gasteiger partial charge in [0.05, 0.1) is 10.5 Å². The second-order valence-corrected chi connectivity index (χ2v) is 6.50. The Morgan fingerprint density at radius 3 is 2.45 bits per heavy atom. The van der Waals surface area contributed by atoms with Gasteiger partial charge >= 0.3 is 0 Å². The molecule has 0 aliphatic rings. The third-order valence-electron chi connectivity index (χ3n) is 3.08. The van der Waals surface area contributed by atoms with Gasteiger partial charge in [-0.3, -0.25) is 10.2 Å². The van der Waals surface area contributed by atoms with Crippen molar-refractivity contribution in [3.05, 3.63) is 59.2 Å². The third kappa shape index (κ3) is 3.44. The van der Waals surface area contributed by atoms with Crippen molar-refractivity contribution in [1.29, 1.82) is 0 Å². The van der Waals surface area contributed by atoms with Crippen LogP contribution in [0.15, 0.2) is 47.4 Å². The van der Waals surface area contributed by atoms with Gasteiger partial charge in [-0.05, 0) is 43.2 Å². The van der Waals surface area contributed by atoms with Gasteiger partial charge in [-0.1, -0.05) is 24.3 Å². The minimum atomic E-state index is -3.89. The fourth-order valence-corrected chi connectivity index (χ4v) is 3.07. The van der Waals surface area contributed by atoms with Crippen molar-refractivity contribution in [2.75, 3.05) is 0 Å². The molecule has 3 N–H and O–H groups in total. The fraction of sp³-hybridized carbons (Fsp3) is 0.133. The number of phenols is 1. The number of sulfonamides is 1. The molecule has 0 unspecified atom stereocenters. The van der Waals surface area contributed by atoms with Crippen LogP contribution < -0.4 is 10.3 Å². The largest absolute Gasteiger partial charge is 0.507 e. The first-order chi connectivity index (χ1) is 10.3. The molecule has 0 heterocycles.